The zero-order valence-electron chi connectivity index (χ0n) is 17.1. The first-order chi connectivity index (χ1) is 14.7. The molecule has 0 atom stereocenters. The van der Waals surface area contributed by atoms with Gasteiger partial charge in [0, 0.05) is 42.8 Å². The number of hydrogen-bond donors (Lipinski definition) is 1. The fourth-order valence-electron chi connectivity index (χ4n) is 3.50. The summed E-state index contributed by atoms with van der Waals surface area (Å²) in [6.45, 7) is 0.905. The Morgan fingerprint density at radius 2 is 1.87 bits per heavy atom. The monoisotopic (exact) mass is 463 g/mol. The van der Waals surface area contributed by atoms with Gasteiger partial charge in [0.15, 0.2) is 5.75 Å². The summed E-state index contributed by atoms with van der Waals surface area (Å²) in [5.41, 5.74) is 0.146. The summed E-state index contributed by atoms with van der Waals surface area (Å²) in [6, 6.07) is 8.41. The third-order valence-electron chi connectivity index (χ3n) is 5.21. The molecule has 1 N–H and O–H groups in total. The van der Waals surface area contributed by atoms with E-state index in [1.807, 2.05) is 0 Å². The minimum atomic E-state index is -3.17. The molecule has 1 aliphatic heterocycles. The molecule has 164 valence electrons. The van der Waals surface area contributed by atoms with Crippen LogP contribution in [0.2, 0.25) is 5.02 Å². The van der Waals surface area contributed by atoms with Gasteiger partial charge in [-0.1, -0.05) is 11.6 Å². The topological polar surface area (TPSA) is 106 Å². The van der Waals surface area contributed by atoms with Crippen molar-refractivity contribution in [3.05, 3.63) is 51.9 Å². The number of halogens is 1. The number of hydrogen-bond acceptors (Lipinski definition) is 7. The summed E-state index contributed by atoms with van der Waals surface area (Å²) < 4.78 is 31.9. The molecule has 4 rings (SSSR count). The summed E-state index contributed by atoms with van der Waals surface area (Å²) in [5, 5.41) is 4.48. The van der Waals surface area contributed by atoms with Crippen molar-refractivity contribution in [2.45, 2.75) is 18.9 Å². The number of nitrogens with zero attached hydrogens (tertiary/aromatic N) is 4. The maximum absolute atomic E-state index is 12.8. The number of aryl methyl sites for hydroxylation is 1. The number of nitrogens with one attached hydrogen (secondary N) is 1. The van der Waals surface area contributed by atoms with Gasteiger partial charge in [-0.25, -0.2) is 17.7 Å². The highest BCUT2D eigenvalue weighted by atomic mass is 35.5. The lowest BCUT2D eigenvalue weighted by atomic mass is 10.1. The van der Waals surface area contributed by atoms with Crippen LogP contribution in [0.5, 0.6) is 11.5 Å². The second kappa shape index (κ2) is 8.45. The summed E-state index contributed by atoms with van der Waals surface area (Å²) in [4.78, 5) is 21.6. The molecule has 2 aromatic heterocycles. The summed E-state index contributed by atoms with van der Waals surface area (Å²) in [5.74, 6) is 1.06. The summed E-state index contributed by atoms with van der Waals surface area (Å²) in [6.07, 6.45) is 4.16. The lowest BCUT2D eigenvalue weighted by molar-refractivity contribution is 0.331. The minimum Gasteiger partial charge on any atom is -0.452 e. The molecule has 1 fully saturated rings. The Labute approximate surface area is 184 Å². The lowest BCUT2D eigenvalue weighted by Gasteiger charge is -2.30. The number of benzene rings is 1. The van der Waals surface area contributed by atoms with Gasteiger partial charge in [0.05, 0.1) is 6.26 Å². The maximum Gasteiger partial charge on any atom is 0.294 e. The molecule has 1 aliphatic rings. The first-order valence-electron chi connectivity index (χ1n) is 9.72. The van der Waals surface area contributed by atoms with Gasteiger partial charge in [-0.3, -0.25) is 9.36 Å². The molecule has 0 radical (unpaired) electrons. The van der Waals surface area contributed by atoms with E-state index < -0.39 is 10.0 Å². The minimum absolute atomic E-state index is 0.0555. The Hall–Kier alpha value is -2.69. The van der Waals surface area contributed by atoms with Crippen molar-refractivity contribution in [3.63, 3.8) is 0 Å². The van der Waals surface area contributed by atoms with Gasteiger partial charge in [-0.15, -0.1) is 0 Å². The maximum atomic E-state index is 12.8. The van der Waals surface area contributed by atoms with E-state index in [1.54, 1.807) is 43.6 Å². The molecule has 0 amide bonds. The number of anilines is 1. The van der Waals surface area contributed by atoms with Crippen molar-refractivity contribution in [1.82, 2.24) is 18.8 Å². The second-order valence-electron chi connectivity index (χ2n) is 7.48. The number of ether oxygens (including phenoxy) is 1. The first-order valence-corrected chi connectivity index (χ1v) is 12.0. The van der Waals surface area contributed by atoms with Crippen LogP contribution in [-0.4, -0.2) is 52.6 Å². The van der Waals surface area contributed by atoms with Gasteiger partial charge < -0.3 is 10.1 Å². The van der Waals surface area contributed by atoms with E-state index in [-0.39, 0.29) is 17.4 Å². The zero-order valence-corrected chi connectivity index (χ0v) is 18.7. The van der Waals surface area contributed by atoms with Gasteiger partial charge in [-0.05, 0) is 43.2 Å². The van der Waals surface area contributed by atoms with E-state index in [2.05, 4.69) is 15.3 Å². The molecule has 9 nitrogen and oxygen atoms in total. The van der Waals surface area contributed by atoms with Crippen LogP contribution >= 0.6 is 11.6 Å². The number of sulfonamides is 1. The molecule has 0 spiro atoms. The van der Waals surface area contributed by atoms with E-state index >= 15 is 0 Å². The fourth-order valence-corrected chi connectivity index (χ4v) is 4.50. The lowest BCUT2D eigenvalue weighted by Crippen LogP contribution is -2.42. The van der Waals surface area contributed by atoms with Gasteiger partial charge in [0.1, 0.15) is 11.4 Å². The fraction of sp³-hybridized carbons (Fsp3) is 0.350. The number of aromatic nitrogens is 3. The molecule has 0 saturated carbocycles. The molecule has 11 heteroatoms. The highest BCUT2D eigenvalue weighted by molar-refractivity contribution is 7.88. The third kappa shape index (κ3) is 4.81. The van der Waals surface area contributed by atoms with E-state index in [9.17, 15) is 13.2 Å². The molecule has 3 heterocycles. The van der Waals surface area contributed by atoms with E-state index in [0.717, 1.165) is 0 Å². The van der Waals surface area contributed by atoms with Crippen LogP contribution in [0.3, 0.4) is 0 Å². The van der Waals surface area contributed by atoms with Gasteiger partial charge in [-0.2, -0.15) is 4.98 Å². The normalized spacial score (nSPS) is 15.8. The van der Waals surface area contributed by atoms with E-state index in [4.69, 9.17) is 16.3 Å². The van der Waals surface area contributed by atoms with Crippen LogP contribution in [0.15, 0.2) is 41.3 Å². The van der Waals surface area contributed by atoms with Crippen molar-refractivity contribution >= 4 is 38.6 Å². The average molecular weight is 464 g/mol. The standard InChI is InChI=1S/C20H22ClN5O4S/c1-25-18-13(11-17(19(25)27)30-16-5-3-14(21)4-6-16)12-22-20(24-18)23-15-7-9-26(10-8-15)31(2,28)29/h3-6,11-12,15H,7-10H2,1-2H3,(H,22,23,24). The Morgan fingerprint density at radius 3 is 2.52 bits per heavy atom. The number of piperidine rings is 1. The average Bonchev–Trinajstić information content (AvgIpc) is 2.73. The van der Waals surface area contributed by atoms with Crippen LogP contribution < -0.4 is 15.6 Å². The molecule has 0 aliphatic carbocycles. The van der Waals surface area contributed by atoms with Crippen LogP contribution in [0.4, 0.5) is 5.95 Å². The van der Waals surface area contributed by atoms with Gasteiger partial charge >= 0.3 is 0 Å². The van der Waals surface area contributed by atoms with Crippen LogP contribution in [0.25, 0.3) is 11.0 Å². The van der Waals surface area contributed by atoms with Crippen LogP contribution in [0.1, 0.15) is 12.8 Å². The smallest absolute Gasteiger partial charge is 0.294 e. The van der Waals surface area contributed by atoms with Crippen LogP contribution in [-0.2, 0) is 17.1 Å². The predicted octanol–water partition coefficient (Wildman–Crippen LogP) is 2.61. The van der Waals surface area contributed by atoms with E-state index in [0.29, 0.717) is 53.7 Å². The summed E-state index contributed by atoms with van der Waals surface area (Å²) in [7, 11) is -1.55. The predicted molar refractivity (Wildman–Crippen MR) is 119 cm³/mol. The highest BCUT2D eigenvalue weighted by Gasteiger charge is 2.25. The largest absolute Gasteiger partial charge is 0.452 e. The van der Waals surface area contributed by atoms with Gasteiger partial charge in [0.2, 0.25) is 16.0 Å². The van der Waals surface area contributed by atoms with Crippen molar-refractivity contribution < 1.29 is 13.2 Å². The molecular weight excluding hydrogens is 442 g/mol. The molecule has 3 aromatic rings. The number of pyridine rings is 1. The molecule has 0 unspecified atom stereocenters. The third-order valence-corrected chi connectivity index (χ3v) is 6.77. The molecule has 0 bridgehead atoms. The van der Waals surface area contributed by atoms with Gasteiger partial charge in [0.25, 0.3) is 5.56 Å². The SMILES string of the molecule is Cn1c(=O)c(Oc2ccc(Cl)cc2)cc2cnc(NC3CCN(S(C)(=O)=O)CC3)nc21. The molecule has 31 heavy (non-hydrogen) atoms. The Bertz CT molecular complexity index is 1270. The Balaban J connectivity index is 1.54. The second-order valence-corrected chi connectivity index (χ2v) is 9.90. The molecule has 1 saturated heterocycles. The highest BCUT2D eigenvalue weighted by Crippen LogP contribution is 2.24. The number of rotatable bonds is 5. The number of fused-ring (bicyclic) bond motifs is 1. The first kappa shape index (κ1) is 21.5. The Kier molecular flexibility index (Phi) is 5.87. The van der Waals surface area contributed by atoms with Crippen molar-refractivity contribution in [3.8, 4) is 11.5 Å². The molecular formula is C20H22ClN5O4S. The van der Waals surface area contributed by atoms with Crippen molar-refractivity contribution in [2.24, 2.45) is 7.05 Å². The zero-order chi connectivity index (χ0) is 22.2. The van der Waals surface area contributed by atoms with E-state index in [1.165, 1.54) is 15.1 Å². The van der Waals surface area contributed by atoms with Crippen LogP contribution in [0, 0.1) is 0 Å². The molecule has 1 aromatic carbocycles. The summed E-state index contributed by atoms with van der Waals surface area (Å²) >= 11 is 5.89. The Morgan fingerprint density at radius 1 is 1.19 bits per heavy atom. The quantitative estimate of drug-likeness (QED) is 0.619. The van der Waals surface area contributed by atoms with Crippen molar-refractivity contribution in [2.75, 3.05) is 24.7 Å². The van der Waals surface area contributed by atoms with Crippen molar-refractivity contribution in [1.29, 1.82) is 0 Å².